The highest BCUT2D eigenvalue weighted by molar-refractivity contribution is 6.30. The van der Waals surface area contributed by atoms with Gasteiger partial charge in [-0.05, 0) is 30.5 Å². The number of carbonyl (C=O) groups is 3. The molecule has 4 unspecified atom stereocenters. The Morgan fingerprint density at radius 1 is 1.28 bits per heavy atom. The minimum atomic E-state index is -1.48. The van der Waals surface area contributed by atoms with E-state index in [1.807, 2.05) is 0 Å². The molecule has 1 aromatic carbocycles. The molecule has 25 heavy (non-hydrogen) atoms. The second kappa shape index (κ2) is 6.11. The molecule has 0 spiro atoms. The Hall–Kier alpha value is -1.92. The molecule has 1 aromatic rings. The van der Waals surface area contributed by atoms with Crippen molar-refractivity contribution in [1.82, 2.24) is 10.2 Å². The van der Waals surface area contributed by atoms with Gasteiger partial charge in [-0.2, -0.15) is 0 Å². The number of carbonyl (C=O) groups excluding carboxylic acids is 2. The van der Waals surface area contributed by atoms with Crippen molar-refractivity contribution in [1.29, 1.82) is 0 Å². The lowest BCUT2D eigenvalue weighted by Crippen LogP contribution is -2.59. The molecule has 0 saturated carbocycles. The number of imide groups is 1. The van der Waals surface area contributed by atoms with Crippen LogP contribution >= 0.6 is 11.6 Å². The third-order valence-electron chi connectivity index (χ3n) is 5.50. The molecule has 0 bridgehead atoms. The minimum absolute atomic E-state index is 0.242. The van der Waals surface area contributed by atoms with Crippen molar-refractivity contribution in [3.8, 4) is 0 Å². The number of nitrogens with zero attached hydrogens (tertiary/aromatic N) is 1. The largest absolute Gasteiger partial charge is 0.480 e. The zero-order valence-corrected chi connectivity index (χ0v) is 15.1. The van der Waals surface area contributed by atoms with Crippen molar-refractivity contribution in [3.05, 3.63) is 34.9 Å². The molecule has 2 aliphatic heterocycles. The summed E-state index contributed by atoms with van der Waals surface area (Å²) in [4.78, 5) is 39.1. The number of amides is 2. The number of halogens is 1. The number of carboxylic acid groups (broad SMARTS) is 1. The van der Waals surface area contributed by atoms with Gasteiger partial charge in [0.1, 0.15) is 5.54 Å². The van der Waals surface area contributed by atoms with E-state index in [0.29, 0.717) is 5.02 Å². The van der Waals surface area contributed by atoms with Crippen molar-refractivity contribution in [2.24, 2.45) is 17.8 Å². The molecule has 2 heterocycles. The minimum Gasteiger partial charge on any atom is -0.480 e. The van der Waals surface area contributed by atoms with Crippen LogP contribution in [0.15, 0.2) is 24.3 Å². The molecule has 7 heteroatoms. The number of carboxylic acids is 1. The molecule has 3 rings (SSSR count). The molecule has 0 aliphatic carbocycles. The third kappa shape index (κ3) is 2.39. The lowest BCUT2D eigenvalue weighted by Gasteiger charge is -2.34. The molecule has 134 valence electrons. The quantitative estimate of drug-likeness (QED) is 0.799. The second-order valence-electron chi connectivity index (χ2n) is 6.93. The van der Waals surface area contributed by atoms with Crippen molar-refractivity contribution in [2.75, 3.05) is 6.54 Å². The maximum atomic E-state index is 12.9. The first-order chi connectivity index (χ1) is 11.8. The molecule has 2 saturated heterocycles. The number of fused-ring (bicyclic) bond motifs is 1. The number of aliphatic carboxylic acids is 1. The van der Waals surface area contributed by atoms with Crippen LogP contribution in [0.25, 0.3) is 0 Å². The fourth-order valence-electron chi connectivity index (χ4n) is 4.24. The average Bonchev–Trinajstić information content (AvgIpc) is 3.04. The van der Waals surface area contributed by atoms with E-state index in [4.69, 9.17) is 11.6 Å². The van der Waals surface area contributed by atoms with Crippen LogP contribution in [0.4, 0.5) is 0 Å². The van der Waals surface area contributed by atoms with Crippen molar-refractivity contribution in [2.45, 2.75) is 32.4 Å². The monoisotopic (exact) mass is 364 g/mol. The highest BCUT2D eigenvalue weighted by Gasteiger charge is 2.69. The lowest BCUT2D eigenvalue weighted by atomic mass is 9.73. The van der Waals surface area contributed by atoms with Gasteiger partial charge < -0.3 is 5.11 Å². The molecular formula is C18H21ClN2O4. The van der Waals surface area contributed by atoms with E-state index in [1.54, 1.807) is 45.0 Å². The SMILES string of the molecule is CCN1C(=O)C2C(c3ccc(Cl)cc3)NC(C(=O)O)(C(C)C)C2C1=O. The lowest BCUT2D eigenvalue weighted by molar-refractivity contribution is -0.153. The summed E-state index contributed by atoms with van der Waals surface area (Å²) >= 11 is 5.94. The fraction of sp³-hybridized carbons (Fsp3) is 0.500. The van der Waals surface area contributed by atoms with Crippen LogP contribution in [0.2, 0.25) is 5.02 Å². The van der Waals surface area contributed by atoms with Crippen molar-refractivity contribution < 1.29 is 19.5 Å². The van der Waals surface area contributed by atoms with Gasteiger partial charge in [-0.3, -0.25) is 24.6 Å². The number of hydrogen-bond donors (Lipinski definition) is 2. The summed E-state index contributed by atoms with van der Waals surface area (Å²) in [6, 6.07) is 6.38. The highest BCUT2D eigenvalue weighted by Crippen LogP contribution is 2.51. The van der Waals surface area contributed by atoms with Gasteiger partial charge in [-0.25, -0.2) is 0 Å². The number of benzene rings is 1. The Morgan fingerprint density at radius 2 is 1.88 bits per heavy atom. The van der Waals surface area contributed by atoms with Gasteiger partial charge >= 0.3 is 5.97 Å². The zero-order valence-electron chi connectivity index (χ0n) is 14.3. The standard InChI is InChI=1S/C18H21ClN2O4/c1-4-21-15(22)12-13(16(21)23)18(9(2)3,17(24)25)20-14(12)10-5-7-11(19)8-6-10/h5-9,12-14,20H,4H2,1-3H3,(H,24,25). The summed E-state index contributed by atoms with van der Waals surface area (Å²) in [5.74, 6) is -3.84. The molecule has 2 aliphatic rings. The molecule has 4 atom stereocenters. The van der Waals surface area contributed by atoms with Crippen LogP contribution in [0, 0.1) is 17.8 Å². The van der Waals surface area contributed by atoms with E-state index in [0.717, 1.165) is 5.56 Å². The molecule has 6 nitrogen and oxygen atoms in total. The second-order valence-corrected chi connectivity index (χ2v) is 7.36. The van der Waals surface area contributed by atoms with Crippen LogP contribution in [-0.4, -0.2) is 39.9 Å². The Morgan fingerprint density at radius 3 is 2.36 bits per heavy atom. The number of hydrogen-bond acceptors (Lipinski definition) is 4. The van der Waals surface area contributed by atoms with Gasteiger partial charge in [0.2, 0.25) is 11.8 Å². The number of rotatable bonds is 4. The average molecular weight is 365 g/mol. The molecule has 2 amide bonds. The molecular weight excluding hydrogens is 344 g/mol. The maximum absolute atomic E-state index is 12.9. The van der Waals surface area contributed by atoms with Crippen LogP contribution in [0.3, 0.4) is 0 Å². The number of likely N-dealkylation sites (tertiary alicyclic amines) is 1. The maximum Gasteiger partial charge on any atom is 0.325 e. The summed E-state index contributed by atoms with van der Waals surface area (Å²) in [5, 5.41) is 13.7. The van der Waals surface area contributed by atoms with E-state index in [2.05, 4.69) is 5.32 Å². The van der Waals surface area contributed by atoms with E-state index in [-0.39, 0.29) is 18.4 Å². The van der Waals surface area contributed by atoms with Gasteiger partial charge in [0, 0.05) is 17.6 Å². The van der Waals surface area contributed by atoms with Crippen molar-refractivity contribution in [3.63, 3.8) is 0 Å². The molecule has 2 N–H and O–H groups in total. The third-order valence-corrected chi connectivity index (χ3v) is 5.75. The van der Waals surface area contributed by atoms with Crippen molar-refractivity contribution >= 4 is 29.4 Å². The summed E-state index contributed by atoms with van der Waals surface area (Å²) < 4.78 is 0. The predicted molar refractivity (Wildman–Crippen MR) is 91.9 cm³/mol. The molecule has 0 aromatic heterocycles. The number of nitrogens with one attached hydrogen (secondary N) is 1. The van der Waals surface area contributed by atoms with Crippen LogP contribution in [0.1, 0.15) is 32.4 Å². The zero-order chi connectivity index (χ0) is 18.5. The summed E-state index contributed by atoms with van der Waals surface area (Å²) in [6.45, 7) is 5.48. The summed E-state index contributed by atoms with van der Waals surface area (Å²) in [7, 11) is 0. The highest BCUT2D eigenvalue weighted by atomic mass is 35.5. The normalized spacial score (nSPS) is 31.7. The van der Waals surface area contributed by atoms with Crippen LogP contribution in [0.5, 0.6) is 0 Å². The first-order valence-electron chi connectivity index (χ1n) is 8.37. The summed E-state index contributed by atoms with van der Waals surface area (Å²) in [5.41, 5.74) is -0.728. The molecule has 2 fully saturated rings. The van der Waals surface area contributed by atoms with Gasteiger partial charge in [0.25, 0.3) is 0 Å². The Kier molecular flexibility index (Phi) is 4.37. The van der Waals surface area contributed by atoms with E-state index >= 15 is 0 Å². The Balaban J connectivity index is 2.16. The van der Waals surface area contributed by atoms with Gasteiger partial charge in [-0.15, -0.1) is 0 Å². The Labute approximate surface area is 151 Å². The first-order valence-corrected chi connectivity index (χ1v) is 8.75. The van der Waals surface area contributed by atoms with E-state index in [1.165, 1.54) is 4.90 Å². The van der Waals surface area contributed by atoms with Gasteiger partial charge in [-0.1, -0.05) is 37.6 Å². The smallest absolute Gasteiger partial charge is 0.325 e. The fourth-order valence-corrected chi connectivity index (χ4v) is 4.37. The van der Waals surface area contributed by atoms with Crippen LogP contribution in [-0.2, 0) is 14.4 Å². The van der Waals surface area contributed by atoms with Crippen LogP contribution < -0.4 is 5.32 Å². The summed E-state index contributed by atoms with van der Waals surface area (Å²) in [6.07, 6.45) is 0. The van der Waals surface area contributed by atoms with E-state index in [9.17, 15) is 19.5 Å². The molecule has 0 radical (unpaired) electrons. The van der Waals surface area contributed by atoms with Gasteiger partial charge in [0.15, 0.2) is 0 Å². The Bertz CT molecular complexity index is 733. The van der Waals surface area contributed by atoms with E-state index < -0.39 is 35.3 Å². The van der Waals surface area contributed by atoms with Gasteiger partial charge in [0.05, 0.1) is 11.8 Å². The topological polar surface area (TPSA) is 86.7 Å². The first kappa shape index (κ1) is 17.9. The predicted octanol–water partition coefficient (Wildman–Crippen LogP) is 2.08.